The fourth-order valence-electron chi connectivity index (χ4n) is 1.42. The molecule has 4 nitrogen and oxygen atoms in total. The monoisotopic (exact) mass is 208 g/mol. The first-order valence-electron chi connectivity index (χ1n) is 5.35. The summed E-state index contributed by atoms with van der Waals surface area (Å²) in [6.45, 7) is 5.78. The van der Waals surface area contributed by atoms with Gasteiger partial charge in [-0.3, -0.25) is 0 Å². The molecule has 0 saturated carbocycles. The maximum absolute atomic E-state index is 5.47. The first kappa shape index (κ1) is 11.9. The van der Waals surface area contributed by atoms with Crippen LogP contribution in [-0.4, -0.2) is 30.1 Å². The normalized spacial score (nSPS) is 10.7. The minimum atomic E-state index is 0.619. The summed E-state index contributed by atoms with van der Waals surface area (Å²) in [6, 6.07) is 0. The third-order valence-corrected chi connectivity index (χ3v) is 2.14. The SMILES string of the molecule is CC(C)Cc1cnc(N(C)CCN)nc1. The Hall–Kier alpha value is -1.16. The van der Waals surface area contributed by atoms with E-state index in [1.807, 2.05) is 24.3 Å². The Balaban J connectivity index is 2.63. The quantitative estimate of drug-likeness (QED) is 0.786. The third-order valence-electron chi connectivity index (χ3n) is 2.14. The molecular formula is C11H20N4. The van der Waals surface area contributed by atoms with Gasteiger partial charge in [0, 0.05) is 32.5 Å². The Bertz CT molecular complexity index is 281. The van der Waals surface area contributed by atoms with Crippen molar-refractivity contribution in [3.8, 4) is 0 Å². The highest BCUT2D eigenvalue weighted by Crippen LogP contribution is 2.08. The van der Waals surface area contributed by atoms with Crippen LogP contribution in [0, 0.1) is 5.92 Å². The van der Waals surface area contributed by atoms with E-state index in [-0.39, 0.29) is 0 Å². The zero-order valence-corrected chi connectivity index (χ0v) is 9.77. The molecule has 1 heterocycles. The Morgan fingerprint density at radius 2 is 1.93 bits per heavy atom. The smallest absolute Gasteiger partial charge is 0.225 e. The van der Waals surface area contributed by atoms with E-state index in [0.717, 1.165) is 18.9 Å². The first-order chi connectivity index (χ1) is 7.13. The summed E-state index contributed by atoms with van der Waals surface area (Å²) in [7, 11) is 1.95. The lowest BCUT2D eigenvalue weighted by Crippen LogP contribution is -2.26. The standard InChI is InChI=1S/C11H20N4/c1-9(2)6-10-7-13-11(14-8-10)15(3)5-4-12/h7-9H,4-6,12H2,1-3H3. The van der Waals surface area contributed by atoms with Crippen LogP contribution < -0.4 is 10.6 Å². The zero-order valence-electron chi connectivity index (χ0n) is 9.77. The van der Waals surface area contributed by atoms with E-state index in [2.05, 4.69) is 23.8 Å². The molecule has 0 spiro atoms. The second-order valence-electron chi connectivity index (χ2n) is 4.20. The highest BCUT2D eigenvalue weighted by atomic mass is 15.2. The molecule has 0 amide bonds. The molecule has 0 fully saturated rings. The van der Waals surface area contributed by atoms with Crippen molar-refractivity contribution in [3.05, 3.63) is 18.0 Å². The predicted molar refractivity (Wildman–Crippen MR) is 62.9 cm³/mol. The van der Waals surface area contributed by atoms with Crippen molar-refractivity contribution in [1.82, 2.24) is 9.97 Å². The van der Waals surface area contributed by atoms with Crippen molar-refractivity contribution in [1.29, 1.82) is 0 Å². The second-order valence-corrected chi connectivity index (χ2v) is 4.20. The molecule has 1 rings (SSSR count). The fraction of sp³-hybridized carbons (Fsp3) is 0.636. The number of nitrogens with two attached hydrogens (primary N) is 1. The van der Waals surface area contributed by atoms with Gasteiger partial charge in [-0.2, -0.15) is 0 Å². The van der Waals surface area contributed by atoms with E-state index in [1.54, 1.807) is 0 Å². The van der Waals surface area contributed by atoms with Crippen LogP contribution in [-0.2, 0) is 6.42 Å². The lowest BCUT2D eigenvalue weighted by Gasteiger charge is -2.15. The molecule has 0 unspecified atom stereocenters. The van der Waals surface area contributed by atoms with Gasteiger partial charge in [0.2, 0.25) is 5.95 Å². The molecular weight excluding hydrogens is 188 g/mol. The van der Waals surface area contributed by atoms with E-state index < -0.39 is 0 Å². The Kier molecular flexibility index (Phi) is 4.49. The van der Waals surface area contributed by atoms with Gasteiger partial charge in [0.25, 0.3) is 0 Å². The van der Waals surface area contributed by atoms with Crippen molar-refractivity contribution >= 4 is 5.95 Å². The van der Waals surface area contributed by atoms with Gasteiger partial charge in [0.1, 0.15) is 0 Å². The Morgan fingerprint density at radius 1 is 1.33 bits per heavy atom. The molecule has 0 saturated heterocycles. The molecule has 1 aromatic heterocycles. The topological polar surface area (TPSA) is 55.0 Å². The molecule has 0 aliphatic heterocycles. The summed E-state index contributed by atoms with van der Waals surface area (Å²) < 4.78 is 0. The largest absolute Gasteiger partial charge is 0.343 e. The lowest BCUT2D eigenvalue weighted by molar-refractivity contribution is 0.643. The molecule has 0 radical (unpaired) electrons. The van der Waals surface area contributed by atoms with Gasteiger partial charge in [-0.05, 0) is 17.9 Å². The van der Waals surface area contributed by atoms with Crippen LogP contribution >= 0.6 is 0 Å². The van der Waals surface area contributed by atoms with Gasteiger partial charge in [0.05, 0.1) is 0 Å². The van der Waals surface area contributed by atoms with E-state index >= 15 is 0 Å². The van der Waals surface area contributed by atoms with Gasteiger partial charge >= 0.3 is 0 Å². The first-order valence-corrected chi connectivity index (χ1v) is 5.35. The van der Waals surface area contributed by atoms with Gasteiger partial charge in [-0.15, -0.1) is 0 Å². The maximum atomic E-state index is 5.47. The highest BCUT2D eigenvalue weighted by Gasteiger charge is 2.03. The molecule has 0 bridgehead atoms. The number of nitrogens with zero attached hydrogens (tertiary/aromatic N) is 3. The summed E-state index contributed by atoms with van der Waals surface area (Å²) in [5, 5.41) is 0. The minimum absolute atomic E-state index is 0.619. The molecule has 1 aromatic rings. The zero-order chi connectivity index (χ0) is 11.3. The molecule has 4 heteroatoms. The van der Waals surface area contributed by atoms with Crippen LogP contribution in [0.2, 0.25) is 0 Å². The average molecular weight is 208 g/mol. The Morgan fingerprint density at radius 3 is 2.40 bits per heavy atom. The fourth-order valence-corrected chi connectivity index (χ4v) is 1.42. The van der Waals surface area contributed by atoms with Crippen LogP contribution in [0.25, 0.3) is 0 Å². The molecule has 84 valence electrons. The summed E-state index contributed by atoms with van der Waals surface area (Å²) in [6.07, 6.45) is 4.82. The summed E-state index contributed by atoms with van der Waals surface area (Å²) in [4.78, 5) is 10.6. The summed E-state index contributed by atoms with van der Waals surface area (Å²) >= 11 is 0. The molecule has 0 atom stereocenters. The predicted octanol–water partition coefficient (Wildman–Crippen LogP) is 1.07. The third kappa shape index (κ3) is 3.83. The summed E-state index contributed by atoms with van der Waals surface area (Å²) in [5.74, 6) is 1.38. The van der Waals surface area contributed by atoms with Crippen LogP contribution in [0.5, 0.6) is 0 Å². The van der Waals surface area contributed by atoms with Crippen LogP contribution in [0.15, 0.2) is 12.4 Å². The number of rotatable bonds is 5. The number of hydrogen-bond donors (Lipinski definition) is 1. The Labute approximate surface area is 91.5 Å². The average Bonchev–Trinajstić information content (AvgIpc) is 2.18. The summed E-state index contributed by atoms with van der Waals surface area (Å²) in [5.41, 5.74) is 6.66. The number of hydrogen-bond acceptors (Lipinski definition) is 4. The van der Waals surface area contributed by atoms with Crippen molar-refractivity contribution in [2.45, 2.75) is 20.3 Å². The highest BCUT2D eigenvalue weighted by molar-refractivity contribution is 5.28. The van der Waals surface area contributed by atoms with Gasteiger partial charge in [-0.1, -0.05) is 13.8 Å². The van der Waals surface area contributed by atoms with E-state index in [1.165, 1.54) is 5.56 Å². The van der Waals surface area contributed by atoms with Gasteiger partial charge in [0.15, 0.2) is 0 Å². The van der Waals surface area contributed by atoms with E-state index in [0.29, 0.717) is 12.5 Å². The molecule has 2 N–H and O–H groups in total. The number of anilines is 1. The maximum Gasteiger partial charge on any atom is 0.225 e. The number of aromatic nitrogens is 2. The molecule has 15 heavy (non-hydrogen) atoms. The lowest BCUT2D eigenvalue weighted by atomic mass is 10.1. The molecule has 0 aliphatic carbocycles. The van der Waals surface area contributed by atoms with Crippen LogP contribution in [0.4, 0.5) is 5.95 Å². The van der Waals surface area contributed by atoms with Crippen molar-refractivity contribution in [3.63, 3.8) is 0 Å². The van der Waals surface area contributed by atoms with Crippen molar-refractivity contribution < 1.29 is 0 Å². The minimum Gasteiger partial charge on any atom is -0.343 e. The second kappa shape index (κ2) is 5.66. The van der Waals surface area contributed by atoms with Crippen LogP contribution in [0.3, 0.4) is 0 Å². The molecule has 0 aliphatic rings. The van der Waals surface area contributed by atoms with E-state index in [9.17, 15) is 0 Å². The number of likely N-dealkylation sites (N-methyl/N-ethyl adjacent to an activating group) is 1. The molecule has 0 aromatic carbocycles. The van der Waals surface area contributed by atoms with Gasteiger partial charge < -0.3 is 10.6 Å². The van der Waals surface area contributed by atoms with Crippen LogP contribution in [0.1, 0.15) is 19.4 Å². The van der Waals surface area contributed by atoms with Crippen molar-refractivity contribution in [2.24, 2.45) is 11.7 Å². The van der Waals surface area contributed by atoms with E-state index in [4.69, 9.17) is 5.73 Å². The van der Waals surface area contributed by atoms with Gasteiger partial charge in [-0.25, -0.2) is 9.97 Å². The van der Waals surface area contributed by atoms with Crippen molar-refractivity contribution in [2.75, 3.05) is 25.0 Å².